The fourth-order valence-electron chi connectivity index (χ4n) is 5.46. The zero-order valence-corrected chi connectivity index (χ0v) is 27.3. The van der Waals surface area contributed by atoms with Crippen molar-refractivity contribution in [2.24, 2.45) is 5.92 Å². The molecule has 1 aliphatic heterocycles. The first-order chi connectivity index (χ1) is 20.2. The molecule has 2 aromatic rings. The first-order valence-electron chi connectivity index (χ1n) is 15.4. The van der Waals surface area contributed by atoms with Gasteiger partial charge in [0, 0.05) is 31.7 Å². The average molecular weight is 595 g/mol. The monoisotopic (exact) mass is 594 g/mol. The maximum Gasteiger partial charge on any atom is 0.408 e. The molecule has 43 heavy (non-hydrogen) atoms. The van der Waals surface area contributed by atoms with Crippen LogP contribution in [0, 0.1) is 5.92 Å². The fraction of sp³-hybridized carbons (Fsp3) is 0.559. The number of rotatable bonds is 11. The highest BCUT2D eigenvalue weighted by Crippen LogP contribution is 2.34. The second-order valence-corrected chi connectivity index (χ2v) is 13.0. The molecule has 0 aliphatic carbocycles. The molecule has 236 valence electrons. The fourth-order valence-corrected chi connectivity index (χ4v) is 5.46. The Morgan fingerprint density at radius 3 is 2.19 bits per heavy atom. The summed E-state index contributed by atoms with van der Waals surface area (Å²) in [6, 6.07) is 14.1. The van der Waals surface area contributed by atoms with Crippen molar-refractivity contribution in [2.45, 2.75) is 98.5 Å². The predicted molar refractivity (Wildman–Crippen MR) is 169 cm³/mol. The van der Waals surface area contributed by atoms with Crippen LogP contribution in [-0.2, 0) is 20.7 Å². The largest absolute Gasteiger partial charge is 0.457 e. The highest BCUT2D eigenvalue weighted by molar-refractivity contribution is 5.93. The van der Waals surface area contributed by atoms with Crippen molar-refractivity contribution in [2.75, 3.05) is 19.6 Å². The minimum atomic E-state index is -0.857. The van der Waals surface area contributed by atoms with Crippen LogP contribution in [0.15, 0.2) is 48.5 Å². The van der Waals surface area contributed by atoms with E-state index < -0.39 is 23.8 Å². The zero-order chi connectivity index (χ0) is 31.9. The van der Waals surface area contributed by atoms with Gasteiger partial charge in [-0.15, -0.1) is 0 Å². The molecule has 2 aromatic carbocycles. The van der Waals surface area contributed by atoms with Gasteiger partial charge in [0.15, 0.2) is 0 Å². The molecule has 0 saturated heterocycles. The van der Waals surface area contributed by atoms with Crippen LogP contribution in [0.2, 0.25) is 0 Å². The number of carbonyl (C=O) groups is 3. The first-order valence-corrected chi connectivity index (χ1v) is 15.4. The Morgan fingerprint density at radius 2 is 1.60 bits per heavy atom. The molecule has 0 bridgehead atoms. The topological polar surface area (TPSA) is 100 Å². The van der Waals surface area contributed by atoms with E-state index in [1.54, 1.807) is 25.7 Å². The molecule has 9 heteroatoms. The molecular weight excluding hydrogens is 544 g/mol. The van der Waals surface area contributed by atoms with Gasteiger partial charge in [0.05, 0.1) is 0 Å². The average Bonchev–Trinajstić information content (AvgIpc) is 2.91. The van der Waals surface area contributed by atoms with Crippen molar-refractivity contribution >= 4 is 17.9 Å². The minimum absolute atomic E-state index is 0.225. The minimum Gasteiger partial charge on any atom is -0.457 e. The number of hydrogen-bond acceptors (Lipinski definition) is 6. The highest BCUT2D eigenvalue weighted by atomic mass is 16.6. The van der Waals surface area contributed by atoms with Crippen molar-refractivity contribution < 1.29 is 23.9 Å². The molecule has 3 rings (SSSR count). The van der Waals surface area contributed by atoms with Crippen LogP contribution in [0.5, 0.6) is 11.5 Å². The Morgan fingerprint density at radius 1 is 0.953 bits per heavy atom. The van der Waals surface area contributed by atoms with Gasteiger partial charge in [-0.25, -0.2) is 4.79 Å². The van der Waals surface area contributed by atoms with E-state index in [-0.39, 0.29) is 17.7 Å². The summed E-state index contributed by atoms with van der Waals surface area (Å²) in [6.45, 7) is 19.1. The normalized spacial score (nSPS) is 15.8. The molecule has 0 saturated carbocycles. The standard InChI is InChI=1S/C34H50N4O5/c1-22(2)29(36-33(41)43-34(7,8)9)32(40)38-19-17-25-21-27(42-26-13-11-10-12-14-26)15-16-28(25)30(38)31(39)35-18-20-37(23(3)4)24(5)6/h10-16,21-24,29-30H,17-20H2,1-9H3,(H,35,39)(H,36,41). The lowest BCUT2D eigenvalue weighted by atomic mass is 9.90. The van der Waals surface area contributed by atoms with Crippen LogP contribution >= 0.6 is 0 Å². The quantitative estimate of drug-likeness (QED) is 0.347. The lowest BCUT2D eigenvalue weighted by molar-refractivity contribution is -0.143. The predicted octanol–water partition coefficient (Wildman–Crippen LogP) is 5.69. The third-order valence-electron chi connectivity index (χ3n) is 7.45. The van der Waals surface area contributed by atoms with Crippen LogP contribution in [-0.4, -0.2) is 71.1 Å². The Balaban J connectivity index is 1.90. The number of hydrogen-bond donors (Lipinski definition) is 2. The van der Waals surface area contributed by atoms with Gasteiger partial charge in [-0.1, -0.05) is 38.1 Å². The lowest BCUT2D eigenvalue weighted by Crippen LogP contribution is -2.56. The van der Waals surface area contributed by atoms with Crippen LogP contribution < -0.4 is 15.4 Å². The lowest BCUT2D eigenvalue weighted by Gasteiger charge is -2.39. The van der Waals surface area contributed by atoms with Gasteiger partial charge in [-0.05, 0) is 96.2 Å². The van der Waals surface area contributed by atoms with E-state index in [0.29, 0.717) is 43.9 Å². The second kappa shape index (κ2) is 14.7. The van der Waals surface area contributed by atoms with E-state index in [0.717, 1.165) is 16.9 Å². The van der Waals surface area contributed by atoms with Gasteiger partial charge < -0.3 is 25.0 Å². The summed E-state index contributed by atoms with van der Waals surface area (Å²) in [7, 11) is 0. The van der Waals surface area contributed by atoms with Gasteiger partial charge in [0.2, 0.25) is 11.8 Å². The van der Waals surface area contributed by atoms with Crippen LogP contribution in [0.3, 0.4) is 0 Å². The summed E-state index contributed by atoms with van der Waals surface area (Å²) in [4.78, 5) is 44.6. The van der Waals surface area contributed by atoms with Gasteiger partial charge in [-0.2, -0.15) is 0 Å². The van der Waals surface area contributed by atoms with Crippen LogP contribution in [0.4, 0.5) is 4.79 Å². The zero-order valence-electron chi connectivity index (χ0n) is 27.3. The molecule has 0 aromatic heterocycles. The van der Waals surface area contributed by atoms with E-state index >= 15 is 0 Å². The SMILES string of the molecule is CC(C)C(NC(=O)OC(C)(C)C)C(=O)N1CCc2cc(Oc3ccccc3)ccc2C1C(=O)NCCN(C(C)C)C(C)C. The van der Waals surface area contributed by atoms with E-state index in [9.17, 15) is 14.4 Å². The summed E-state index contributed by atoms with van der Waals surface area (Å²) in [5.41, 5.74) is 0.993. The van der Waals surface area contributed by atoms with Crippen LogP contribution in [0.25, 0.3) is 0 Å². The molecule has 0 radical (unpaired) electrons. The molecule has 0 spiro atoms. The molecule has 1 heterocycles. The first kappa shape index (κ1) is 33.9. The van der Waals surface area contributed by atoms with Crippen molar-refractivity contribution in [1.82, 2.24) is 20.4 Å². The summed E-state index contributed by atoms with van der Waals surface area (Å²) < 4.78 is 11.5. The van der Waals surface area contributed by atoms with Crippen molar-refractivity contribution in [1.29, 1.82) is 0 Å². The Labute approximate surface area is 257 Å². The van der Waals surface area contributed by atoms with E-state index in [4.69, 9.17) is 9.47 Å². The number of benzene rings is 2. The smallest absolute Gasteiger partial charge is 0.408 e. The highest BCUT2D eigenvalue weighted by Gasteiger charge is 2.40. The molecular formula is C34H50N4O5. The van der Waals surface area contributed by atoms with Gasteiger partial charge >= 0.3 is 6.09 Å². The van der Waals surface area contributed by atoms with Gasteiger partial charge in [-0.3, -0.25) is 14.5 Å². The van der Waals surface area contributed by atoms with Gasteiger partial charge in [0.25, 0.3) is 0 Å². The Hall–Kier alpha value is -3.59. The third kappa shape index (κ3) is 9.45. The number of nitrogens with zero attached hydrogens (tertiary/aromatic N) is 2. The molecule has 2 unspecified atom stereocenters. The Bertz CT molecular complexity index is 1230. The van der Waals surface area contributed by atoms with Gasteiger partial charge in [0.1, 0.15) is 29.2 Å². The van der Waals surface area contributed by atoms with Crippen molar-refractivity contribution in [3.8, 4) is 11.5 Å². The summed E-state index contributed by atoms with van der Waals surface area (Å²) in [5, 5.41) is 5.86. The van der Waals surface area contributed by atoms with E-state index in [2.05, 4.69) is 43.2 Å². The maximum absolute atomic E-state index is 14.1. The molecule has 0 fully saturated rings. The molecule has 9 nitrogen and oxygen atoms in total. The number of nitrogens with one attached hydrogen (secondary N) is 2. The summed E-state index contributed by atoms with van der Waals surface area (Å²) >= 11 is 0. The second-order valence-electron chi connectivity index (χ2n) is 13.0. The van der Waals surface area contributed by atoms with Crippen molar-refractivity contribution in [3.05, 3.63) is 59.7 Å². The third-order valence-corrected chi connectivity index (χ3v) is 7.45. The number of fused-ring (bicyclic) bond motifs is 1. The van der Waals surface area contributed by atoms with E-state index in [1.165, 1.54) is 0 Å². The molecule has 3 amide bonds. The summed E-state index contributed by atoms with van der Waals surface area (Å²) in [5.74, 6) is 0.593. The van der Waals surface area contributed by atoms with E-state index in [1.807, 2.05) is 62.4 Å². The molecule has 2 atom stereocenters. The number of para-hydroxylation sites is 1. The Kier molecular flexibility index (Phi) is 11.6. The number of carbonyl (C=O) groups excluding carboxylic acids is 3. The molecule has 2 N–H and O–H groups in total. The number of alkyl carbamates (subject to hydrolysis) is 1. The maximum atomic E-state index is 14.1. The summed E-state index contributed by atoms with van der Waals surface area (Å²) in [6.07, 6.45) is -0.120. The number of ether oxygens (including phenoxy) is 2. The molecule has 1 aliphatic rings. The van der Waals surface area contributed by atoms with Crippen molar-refractivity contribution in [3.63, 3.8) is 0 Å². The number of amides is 3. The van der Waals surface area contributed by atoms with Crippen LogP contribution in [0.1, 0.15) is 79.5 Å².